The van der Waals surface area contributed by atoms with E-state index in [-0.39, 0.29) is 12.1 Å². The first kappa shape index (κ1) is 14.5. The number of hydrogen-bond donors (Lipinski definition) is 1. The number of morpholine rings is 1. The molecule has 1 aliphatic rings. The second kappa shape index (κ2) is 7.04. The zero-order valence-corrected chi connectivity index (χ0v) is 12.1. The van der Waals surface area contributed by atoms with Crippen LogP contribution < -0.4 is 5.73 Å². The second-order valence-corrected chi connectivity index (χ2v) is 5.56. The summed E-state index contributed by atoms with van der Waals surface area (Å²) in [5.41, 5.74) is 8.92. The van der Waals surface area contributed by atoms with Gasteiger partial charge in [-0.05, 0) is 31.9 Å². The maximum Gasteiger partial charge on any atom is 0.0856 e. The number of nitrogens with zero attached hydrogens (tertiary/aromatic N) is 1. The average molecular weight is 262 g/mol. The SMILES string of the molecule is CCCN1CCOC(C(N)Cc2ccc(C)cc2)C1. The molecule has 0 saturated carbocycles. The molecule has 1 fully saturated rings. The third kappa shape index (κ3) is 4.30. The Labute approximate surface area is 116 Å². The molecule has 19 heavy (non-hydrogen) atoms. The number of benzene rings is 1. The van der Waals surface area contributed by atoms with Crippen LogP contribution in [0.3, 0.4) is 0 Å². The van der Waals surface area contributed by atoms with Gasteiger partial charge in [0.2, 0.25) is 0 Å². The van der Waals surface area contributed by atoms with Gasteiger partial charge in [0.25, 0.3) is 0 Å². The monoisotopic (exact) mass is 262 g/mol. The number of aryl methyl sites for hydroxylation is 1. The van der Waals surface area contributed by atoms with E-state index in [1.54, 1.807) is 0 Å². The summed E-state index contributed by atoms with van der Waals surface area (Å²) in [6.45, 7) is 8.30. The van der Waals surface area contributed by atoms with Gasteiger partial charge >= 0.3 is 0 Å². The van der Waals surface area contributed by atoms with Crippen LogP contribution in [0.4, 0.5) is 0 Å². The molecule has 2 atom stereocenters. The van der Waals surface area contributed by atoms with Crippen LogP contribution in [-0.4, -0.2) is 43.3 Å². The van der Waals surface area contributed by atoms with Gasteiger partial charge in [0, 0.05) is 19.1 Å². The number of ether oxygens (including phenoxy) is 1. The molecule has 0 spiro atoms. The lowest BCUT2D eigenvalue weighted by molar-refractivity contribution is -0.0400. The van der Waals surface area contributed by atoms with Crippen molar-refractivity contribution in [1.29, 1.82) is 0 Å². The summed E-state index contributed by atoms with van der Waals surface area (Å²) in [6.07, 6.45) is 2.26. The third-order valence-corrected chi connectivity index (χ3v) is 3.79. The first-order chi connectivity index (χ1) is 9.19. The van der Waals surface area contributed by atoms with E-state index in [1.165, 1.54) is 17.5 Å². The van der Waals surface area contributed by atoms with Gasteiger partial charge < -0.3 is 10.5 Å². The zero-order chi connectivity index (χ0) is 13.7. The Morgan fingerprint density at radius 1 is 1.37 bits per heavy atom. The lowest BCUT2D eigenvalue weighted by Gasteiger charge is -2.35. The number of hydrogen-bond acceptors (Lipinski definition) is 3. The van der Waals surface area contributed by atoms with Gasteiger partial charge in [0.05, 0.1) is 12.7 Å². The molecule has 2 unspecified atom stereocenters. The Morgan fingerprint density at radius 3 is 2.79 bits per heavy atom. The largest absolute Gasteiger partial charge is 0.374 e. The second-order valence-electron chi connectivity index (χ2n) is 5.56. The van der Waals surface area contributed by atoms with Crippen molar-refractivity contribution < 1.29 is 4.74 Å². The summed E-state index contributed by atoms with van der Waals surface area (Å²) in [5.74, 6) is 0. The van der Waals surface area contributed by atoms with E-state index in [0.717, 1.165) is 32.7 Å². The van der Waals surface area contributed by atoms with Crippen LogP contribution in [0.5, 0.6) is 0 Å². The molecule has 0 aliphatic carbocycles. The molecule has 3 heteroatoms. The standard InChI is InChI=1S/C16H26N2O/c1-3-8-18-9-10-19-16(12-18)15(17)11-14-6-4-13(2)5-7-14/h4-7,15-16H,3,8-12,17H2,1-2H3. The molecule has 1 saturated heterocycles. The first-order valence-electron chi connectivity index (χ1n) is 7.34. The maximum absolute atomic E-state index is 6.33. The van der Waals surface area contributed by atoms with Crippen LogP contribution in [-0.2, 0) is 11.2 Å². The van der Waals surface area contributed by atoms with E-state index in [9.17, 15) is 0 Å². The highest BCUT2D eigenvalue weighted by Crippen LogP contribution is 2.13. The van der Waals surface area contributed by atoms with Gasteiger partial charge in [-0.3, -0.25) is 4.90 Å². The molecule has 2 rings (SSSR count). The number of rotatable bonds is 5. The van der Waals surface area contributed by atoms with Crippen LogP contribution in [0.1, 0.15) is 24.5 Å². The van der Waals surface area contributed by atoms with Crippen LogP contribution >= 0.6 is 0 Å². The van der Waals surface area contributed by atoms with Crippen molar-refractivity contribution in [3.63, 3.8) is 0 Å². The summed E-state index contributed by atoms with van der Waals surface area (Å²) < 4.78 is 5.85. The summed E-state index contributed by atoms with van der Waals surface area (Å²) in [6, 6.07) is 8.71. The van der Waals surface area contributed by atoms with E-state index < -0.39 is 0 Å². The summed E-state index contributed by atoms with van der Waals surface area (Å²) in [5, 5.41) is 0. The molecule has 0 bridgehead atoms. The van der Waals surface area contributed by atoms with Gasteiger partial charge in [-0.15, -0.1) is 0 Å². The van der Waals surface area contributed by atoms with E-state index in [4.69, 9.17) is 10.5 Å². The molecule has 0 radical (unpaired) electrons. The quantitative estimate of drug-likeness (QED) is 0.882. The van der Waals surface area contributed by atoms with Crippen molar-refractivity contribution in [1.82, 2.24) is 4.90 Å². The van der Waals surface area contributed by atoms with Gasteiger partial charge in [-0.25, -0.2) is 0 Å². The molecule has 2 N–H and O–H groups in total. The van der Waals surface area contributed by atoms with Crippen molar-refractivity contribution in [3.05, 3.63) is 35.4 Å². The summed E-state index contributed by atoms with van der Waals surface area (Å²) in [7, 11) is 0. The van der Waals surface area contributed by atoms with E-state index in [1.807, 2.05) is 0 Å². The molecule has 1 aliphatic heterocycles. The lowest BCUT2D eigenvalue weighted by atomic mass is 10.00. The molecule has 3 nitrogen and oxygen atoms in total. The van der Waals surface area contributed by atoms with Crippen molar-refractivity contribution in [3.8, 4) is 0 Å². The van der Waals surface area contributed by atoms with E-state index in [2.05, 4.69) is 43.0 Å². The molecular weight excluding hydrogens is 236 g/mol. The van der Waals surface area contributed by atoms with Gasteiger partial charge in [0.1, 0.15) is 0 Å². The topological polar surface area (TPSA) is 38.5 Å². The van der Waals surface area contributed by atoms with Crippen molar-refractivity contribution in [2.75, 3.05) is 26.2 Å². The van der Waals surface area contributed by atoms with Gasteiger partial charge in [-0.1, -0.05) is 36.8 Å². The summed E-state index contributed by atoms with van der Waals surface area (Å²) >= 11 is 0. The minimum absolute atomic E-state index is 0.0855. The fourth-order valence-corrected chi connectivity index (χ4v) is 2.64. The summed E-state index contributed by atoms with van der Waals surface area (Å²) in [4.78, 5) is 2.46. The zero-order valence-electron chi connectivity index (χ0n) is 12.1. The lowest BCUT2D eigenvalue weighted by Crippen LogP contribution is -2.51. The Kier molecular flexibility index (Phi) is 5.37. The highest BCUT2D eigenvalue weighted by atomic mass is 16.5. The van der Waals surface area contributed by atoms with Crippen LogP contribution in [0.25, 0.3) is 0 Å². The molecule has 0 amide bonds. The molecule has 1 aromatic rings. The predicted octanol–water partition coefficient (Wildman–Crippen LogP) is 1.98. The molecule has 1 heterocycles. The third-order valence-electron chi connectivity index (χ3n) is 3.79. The molecule has 106 valence electrons. The van der Waals surface area contributed by atoms with Crippen LogP contribution in [0.2, 0.25) is 0 Å². The first-order valence-corrected chi connectivity index (χ1v) is 7.34. The fourth-order valence-electron chi connectivity index (χ4n) is 2.64. The minimum Gasteiger partial charge on any atom is -0.374 e. The Hall–Kier alpha value is -0.900. The van der Waals surface area contributed by atoms with E-state index in [0.29, 0.717) is 0 Å². The molecule has 1 aromatic carbocycles. The Morgan fingerprint density at radius 2 is 2.11 bits per heavy atom. The van der Waals surface area contributed by atoms with Gasteiger partial charge in [0.15, 0.2) is 0 Å². The molecular formula is C16H26N2O. The maximum atomic E-state index is 6.33. The average Bonchev–Trinajstić information content (AvgIpc) is 2.42. The Balaban J connectivity index is 1.88. The fraction of sp³-hybridized carbons (Fsp3) is 0.625. The smallest absolute Gasteiger partial charge is 0.0856 e. The molecule has 0 aromatic heterocycles. The van der Waals surface area contributed by atoms with Crippen molar-refractivity contribution in [2.45, 2.75) is 38.8 Å². The normalized spacial score (nSPS) is 22.4. The highest BCUT2D eigenvalue weighted by Gasteiger charge is 2.25. The van der Waals surface area contributed by atoms with Crippen LogP contribution in [0.15, 0.2) is 24.3 Å². The number of nitrogens with two attached hydrogens (primary N) is 1. The van der Waals surface area contributed by atoms with Gasteiger partial charge in [-0.2, -0.15) is 0 Å². The Bertz CT molecular complexity index is 375. The van der Waals surface area contributed by atoms with Crippen LogP contribution in [0, 0.1) is 6.92 Å². The van der Waals surface area contributed by atoms with Crippen molar-refractivity contribution in [2.24, 2.45) is 5.73 Å². The minimum atomic E-state index is 0.0855. The van der Waals surface area contributed by atoms with Crippen molar-refractivity contribution >= 4 is 0 Å². The predicted molar refractivity (Wildman–Crippen MR) is 79.3 cm³/mol. The highest BCUT2D eigenvalue weighted by molar-refractivity contribution is 5.22. The van der Waals surface area contributed by atoms with E-state index >= 15 is 0 Å².